The van der Waals surface area contributed by atoms with Crippen molar-refractivity contribution in [3.8, 4) is 5.75 Å². The van der Waals surface area contributed by atoms with Crippen LogP contribution in [0.25, 0.3) is 0 Å². The standard InChI is InChI=1S/C13H19ClN2O.C12H16Cl2N2.C2H6/c1-17-12-6-5-11(10(9-15)13(12)14)16-7-3-2-4-8-16;13-10-4-5-11(9(8-15)12(10)14)16-6-2-1-3-7-16;1-2/h5-6H,2-4,7-9,15H2,1H3;4-5H,1-3,6-8,15H2;1-2H3. The Morgan fingerprint density at radius 3 is 1.54 bits per heavy atom. The van der Waals surface area contributed by atoms with Crippen LogP contribution < -0.4 is 26.0 Å². The van der Waals surface area contributed by atoms with Crippen LogP contribution in [0.1, 0.15) is 63.5 Å². The number of anilines is 2. The Morgan fingerprint density at radius 1 is 0.686 bits per heavy atom. The van der Waals surface area contributed by atoms with E-state index in [-0.39, 0.29) is 0 Å². The smallest absolute Gasteiger partial charge is 0.137 e. The first-order valence-corrected chi connectivity index (χ1v) is 13.9. The van der Waals surface area contributed by atoms with Gasteiger partial charge in [-0.05, 0) is 62.8 Å². The van der Waals surface area contributed by atoms with Crippen LogP contribution in [0.5, 0.6) is 5.75 Å². The van der Waals surface area contributed by atoms with Gasteiger partial charge in [0, 0.05) is 61.8 Å². The lowest BCUT2D eigenvalue weighted by molar-refractivity contribution is 0.414. The van der Waals surface area contributed by atoms with Crippen molar-refractivity contribution >= 4 is 46.2 Å². The highest BCUT2D eigenvalue weighted by Crippen LogP contribution is 2.36. The molecule has 2 aromatic carbocycles. The van der Waals surface area contributed by atoms with Crippen molar-refractivity contribution in [2.45, 2.75) is 65.5 Å². The van der Waals surface area contributed by atoms with Crippen molar-refractivity contribution in [3.05, 3.63) is 50.5 Å². The fourth-order valence-corrected chi connectivity index (χ4v) is 5.31. The fourth-order valence-electron chi connectivity index (χ4n) is 4.58. The van der Waals surface area contributed by atoms with Crippen LogP contribution in [0.4, 0.5) is 11.4 Å². The summed E-state index contributed by atoms with van der Waals surface area (Å²) < 4.78 is 5.22. The Balaban J connectivity index is 0.000000231. The maximum atomic E-state index is 6.30. The second-order valence-corrected chi connectivity index (χ2v) is 9.61. The number of piperidine rings is 2. The molecule has 2 fully saturated rings. The Hall–Kier alpha value is -1.37. The van der Waals surface area contributed by atoms with E-state index in [1.54, 1.807) is 7.11 Å². The Labute approximate surface area is 226 Å². The van der Waals surface area contributed by atoms with Gasteiger partial charge in [0.15, 0.2) is 0 Å². The van der Waals surface area contributed by atoms with E-state index in [1.165, 1.54) is 38.5 Å². The van der Waals surface area contributed by atoms with Gasteiger partial charge in [0.1, 0.15) is 5.75 Å². The first-order valence-electron chi connectivity index (χ1n) is 12.7. The van der Waals surface area contributed by atoms with E-state index in [0.29, 0.717) is 33.9 Å². The zero-order chi connectivity index (χ0) is 25.8. The van der Waals surface area contributed by atoms with E-state index in [9.17, 15) is 0 Å². The van der Waals surface area contributed by atoms with E-state index in [1.807, 2.05) is 32.0 Å². The number of hydrogen-bond donors (Lipinski definition) is 2. The van der Waals surface area contributed by atoms with Crippen LogP contribution in [0.15, 0.2) is 24.3 Å². The van der Waals surface area contributed by atoms with E-state index in [2.05, 4.69) is 15.9 Å². The molecule has 0 unspecified atom stereocenters. The molecule has 0 aliphatic carbocycles. The first-order chi connectivity index (χ1) is 17.0. The molecule has 5 nitrogen and oxygen atoms in total. The maximum absolute atomic E-state index is 6.30. The van der Waals surface area contributed by atoms with Crippen LogP contribution >= 0.6 is 34.8 Å². The Bertz CT molecular complexity index is 914. The van der Waals surface area contributed by atoms with Crippen LogP contribution in [-0.2, 0) is 13.1 Å². The highest BCUT2D eigenvalue weighted by Gasteiger charge is 2.18. The molecule has 8 heteroatoms. The molecule has 35 heavy (non-hydrogen) atoms. The number of nitrogens with zero attached hydrogens (tertiary/aromatic N) is 2. The van der Waals surface area contributed by atoms with Crippen molar-refractivity contribution in [2.24, 2.45) is 11.5 Å². The van der Waals surface area contributed by atoms with Crippen LogP contribution in [0.3, 0.4) is 0 Å². The molecule has 2 heterocycles. The van der Waals surface area contributed by atoms with Gasteiger partial charge < -0.3 is 26.0 Å². The Kier molecular flexibility index (Phi) is 13.4. The molecule has 0 atom stereocenters. The monoisotopic (exact) mass is 542 g/mol. The second-order valence-electron chi connectivity index (χ2n) is 8.44. The van der Waals surface area contributed by atoms with Crippen LogP contribution in [-0.4, -0.2) is 33.3 Å². The topological polar surface area (TPSA) is 67.8 Å². The first kappa shape index (κ1) is 29.9. The SMILES string of the molecule is CC.COc1ccc(N2CCCCC2)c(CN)c1Cl.NCc1c(N2CCCCC2)ccc(Cl)c1Cl. The number of hydrogen-bond acceptors (Lipinski definition) is 5. The molecule has 2 aliphatic rings. The minimum Gasteiger partial charge on any atom is -0.495 e. The zero-order valence-corrected chi connectivity index (χ0v) is 23.7. The van der Waals surface area contributed by atoms with Gasteiger partial charge in [-0.15, -0.1) is 0 Å². The second kappa shape index (κ2) is 15.7. The summed E-state index contributed by atoms with van der Waals surface area (Å²) in [6.07, 6.45) is 7.60. The maximum Gasteiger partial charge on any atom is 0.137 e. The number of methoxy groups -OCH3 is 1. The van der Waals surface area contributed by atoms with Crippen LogP contribution in [0.2, 0.25) is 15.1 Å². The number of benzene rings is 2. The molecular formula is C27H41Cl3N4O. The average Bonchev–Trinajstić information content (AvgIpc) is 2.92. The van der Waals surface area contributed by atoms with E-state index < -0.39 is 0 Å². The van der Waals surface area contributed by atoms with Gasteiger partial charge in [-0.1, -0.05) is 48.7 Å². The predicted octanol–water partition coefficient (Wildman–Crippen LogP) is 7.27. The molecule has 0 radical (unpaired) electrons. The highest BCUT2D eigenvalue weighted by atomic mass is 35.5. The largest absolute Gasteiger partial charge is 0.495 e. The number of ether oxygens (including phenoxy) is 1. The summed E-state index contributed by atoms with van der Waals surface area (Å²) >= 11 is 18.5. The summed E-state index contributed by atoms with van der Waals surface area (Å²) in [6.45, 7) is 9.24. The van der Waals surface area contributed by atoms with Crippen molar-refractivity contribution in [2.75, 3.05) is 43.1 Å². The van der Waals surface area contributed by atoms with Gasteiger partial charge in [-0.2, -0.15) is 0 Å². The van der Waals surface area contributed by atoms with E-state index in [0.717, 1.165) is 48.7 Å². The number of halogens is 3. The molecule has 4 N–H and O–H groups in total. The average molecular weight is 544 g/mol. The minimum absolute atomic E-state index is 0.436. The summed E-state index contributed by atoms with van der Waals surface area (Å²) in [5, 5.41) is 1.84. The van der Waals surface area contributed by atoms with E-state index >= 15 is 0 Å². The number of nitrogens with two attached hydrogens (primary N) is 2. The predicted molar refractivity (Wildman–Crippen MR) is 154 cm³/mol. The summed E-state index contributed by atoms with van der Waals surface area (Å²) in [6, 6.07) is 7.87. The van der Waals surface area contributed by atoms with Gasteiger partial charge in [0.05, 0.1) is 22.2 Å². The molecule has 2 aromatic rings. The van der Waals surface area contributed by atoms with Gasteiger partial charge in [-0.25, -0.2) is 0 Å². The molecular weight excluding hydrogens is 503 g/mol. The zero-order valence-electron chi connectivity index (χ0n) is 21.4. The normalized spacial score (nSPS) is 15.5. The summed E-state index contributed by atoms with van der Waals surface area (Å²) in [5.41, 5.74) is 15.8. The van der Waals surface area contributed by atoms with Crippen molar-refractivity contribution in [1.82, 2.24) is 0 Å². The van der Waals surface area contributed by atoms with Crippen molar-refractivity contribution < 1.29 is 4.74 Å². The molecule has 0 saturated carbocycles. The summed E-state index contributed by atoms with van der Waals surface area (Å²) in [4.78, 5) is 4.73. The van der Waals surface area contributed by atoms with Crippen molar-refractivity contribution in [1.29, 1.82) is 0 Å². The Morgan fingerprint density at radius 2 is 1.11 bits per heavy atom. The van der Waals surface area contributed by atoms with Gasteiger partial charge >= 0.3 is 0 Å². The lowest BCUT2D eigenvalue weighted by atomic mass is 10.1. The molecule has 2 saturated heterocycles. The van der Waals surface area contributed by atoms with Gasteiger partial charge in [-0.3, -0.25) is 0 Å². The number of rotatable bonds is 5. The molecule has 0 spiro atoms. The quantitative estimate of drug-likeness (QED) is 0.415. The summed E-state index contributed by atoms with van der Waals surface area (Å²) in [5.74, 6) is 0.702. The summed E-state index contributed by atoms with van der Waals surface area (Å²) in [7, 11) is 1.63. The molecule has 2 aliphatic heterocycles. The van der Waals surface area contributed by atoms with Gasteiger partial charge in [0.2, 0.25) is 0 Å². The lowest BCUT2D eigenvalue weighted by Crippen LogP contribution is -2.30. The third-order valence-electron chi connectivity index (χ3n) is 6.38. The molecule has 0 aromatic heterocycles. The molecule has 4 rings (SSSR count). The molecule has 0 amide bonds. The fraction of sp³-hybridized carbons (Fsp3) is 0.556. The highest BCUT2D eigenvalue weighted by molar-refractivity contribution is 6.42. The lowest BCUT2D eigenvalue weighted by Gasteiger charge is -2.31. The third-order valence-corrected chi connectivity index (χ3v) is 7.63. The minimum atomic E-state index is 0.436. The van der Waals surface area contributed by atoms with E-state index in [4.69, 9.17) is 51.0 Å². The third kappa shape index (κ3) is 7.80. The van der Waals surface area contributed by atoms with Gasteiger partial charge in [0.25, 0.3) is 0 Å². The molecule has 196 valence electrons. The van der Waals surface area contributed by atoms with Crippen LogP contribution in [0, 0.1) is 0 Å². The van der Waals surface area contributed by atoms with Crippen molar-refractivity contribution in [3.63, 3.8) is 0 Å². The molecule has 0 bridgehead atoms.